The lowest BCUT2D eigenvalue weighted by Gasteiger charge is -2.34. The molecular weight excluding hydrogens is 396 g/mol. The van der Waals surface area contributed by atoms with Gasteiger partial charge in [0, 0.05) is 45.4 Å². The number of nitrogens with one attached hydrogen (secondary N) is 1. The third-order valence-electron chi connectivity index (χ3n) is 5.66. The van der Waals surface area contributed by atoms with E-state index in [1.165, 1.54) is 12.7 Å². The summed E-state index contributed by atoms with van der Waals surface area (Å²) < 4.78 is 6.07. The number of ether oxygens (including phenoxy) is 1. The van der Waals surface area contributed by atoms with Gasteiger partial charge < -0.3 is 14.6 Å². The molecule has 1 fully saturated rings. The number of hydrogen-bond donors (Lipinski definition) is 1. The van der Waals surface area contributed by atoms with Crippen LogP contribution in [0.3, 0.4) is 0 Å². The maximum absolute atomic E-state index is 13.0. The first kappa shape index (κ1) is 21.0. The number of fused-ring (bicyclic) bond motifs is 1. The summed E-state index contributed by atoms with van der Waals surface area (Å²) in [7, 11) is 1.51. The normalized spacial score (nSPS) is 14.8. The summed E-state index contributed by atoms with van der Waals surface area (Å²) in [6, 6.07) is 15.1. The lowest BCUT2D eigenvalue weighted by atomic mass is 10.1. The second-order valence-corrected chi connectivity index (χ2v) is 7.69. The summed E-state index contributed by atoms with van der Waals surface area (Å²) in [5.41, 5.74) is 1.21. The number of carbonyl (C=O) groups excluding carboxylic acids is 1. The van der Waals surface area contributed by atoms with Crippen molar-refractivity contribution >= 4 is 16.8 Å². The van der Waals surface area contributed by atoms with Crippen LogP contribution in [0.1, 0.15) is 15.9 Å². The minimum Gasteiger partial charge on any atom is -0.383 e. The first-order valence-electron chi connectivity index (χ1n) is 10.4. The van der Waals surface area contributed by atoms with Gasteiger partial charge in [-0.25, -0.2) is 4.79 Å². The van der Waals surface area contributed by atoms with Crippen LogP contribution in [0.5, 0.6) is 0 Å². The van der Waals surface area contributed by atoms with Gasteiger partial charge >= 0.3 is 5.69 Å². The predicted octanol–water partition coefficient (Wildman–Crippen LogP) is 1.29. The van der Waals surface area contributed by atoms with Crippen molar-refractivity contribution in [2.24, 2.45) is 0 Å². The zero-order valence-corrected chi connectivity index (χ0v) is 17.5. The van der Waals surface area contributed by atoms with Gasteiger partial charge in [-0.3, -0.25) is 19.1 Å². The van der Waals surface area contributed by atoms with Crippen molar-refractivity contribution in [3.8, 4) is 0 Å². The lowest BCUT2D eigenvalue weighted by molar-refractivity contribution is 0.0628. The molecule has 0 unspecified atom stereocenters. The maximum Gasteiger partial charge on any atom is 0.328 e. The molecule has 1 amide bonds. The average Bonchev–Trinajstić information content (AvgIpc) is 2.79. The molecule has 1 N–H and O–H groups in total. The molecule has 0 radical (unpaired) electrons. The molecule has 8 nitrogen and oxygen atoms in total. The van der Waals surface area contributed by atoms with E-state index in [-0.39, 0.29) is 24.6 Å². The quantitative estimate of drug-likeness (QED) is 0.647. The summed E-state index contributed by atoms with van der Waals surface area (Å²) in [5, 5.41) is 0.375. The molecule has 4 rings (SSSR count). The standard InChI is InChI=1S/C23H26N4O4/c1-31-14-13-27-22(29)19-8-7-18(15-20(19)24-23(27)30)21(28)26-11-9-25(10-12-26)16-17-5-3-2-4-6-17/h2-8,15H,9-14,16H2,1H3,(H,24,30). The fourth-order valence-corrected chi connectivity index (χ4v) is 3.91. The van der Waals surface area contributed by atoms with Crippen LogP contribution in [-0.2, 0) is 17.8 Å². The molecule has 0 bridgehead atoms. The molecule has 3 aromatic rings. The van der Waals surface area contributed by atoms with Crippen LogP contribution < -0.4 is 11.2 Å². The summed E-state index contributed by atoms with van der Waals surface area (Å²) >= 11 is 0. The predicted molar refractivity (Wildman–Crippen MR) is 118 cm³/mol. The Labute approximate surface area is 179 Å². The van der Waals surface area contributed by atoms with Crippen LogP contribution in [0.4, 0.5) is 0 Å². The fraction of sp³-hybridized carbons (Fsp3) is 0.348. The molecule has 1 aromatic heterocycles. The highest BCUT2D eigenvalue weighted by Gasteiger charge is 2.22. The van der Waals surface area contributed by atoms with Crippen LogP contribution in [0.15, 0.2) is 58.1 Å². The van der Waals surface area contributed by atoms with Gasteiger partial charge in [-0.15, -0.1) is 0 Å². The second kappa shape index (κ2) is 9.28. The molecule has 1 aliphatic heterocycles. The highest BCUT2D eigenvalue weighted by Crippen LogP contribution is 2.14. The Morgan fingerprint density at radius 2 is 1.77 bits per heavy atom. The maximum atomic E-state index is 13.0. The molecular formula is C23H26N4O4. The Morgan fingerprint density at radius 1 is 1.03 bits per heavy atom. The van der Waals surface area contributed by atoms with Crippen molar-refractivity contribution in [3.63, 3.8) is 0 Å². The number of carbonyl (C=O) groups is 1. The van der Waals surface area contributed by atoms with Gasteiger partial charge in [0.2, 0.25) is 0 Å². The van der Waals surface area contributed by atoms with Gasteiger partial charge in [0.15, 0.2) is 0 Å². The number of nitrogens with zero attached hydrogens (tertiary/aromatic N) is 3. The number of H-pyrrole nitrogens is 1. The van der Waals surface area contributed by atoms with E-state index in [1.807, 2.05) is 23.1 Å². The molecule has 0 aliphatic carbocycles. The molecule has 1 aliphatic rings. The molecule has 0 atom stereocenters. The van der Waals surface area contributed by atoms with Gasteiger partial charge in [0.1, 0.15) is 0 Å². The van der Waals surface area contributed by atoms with Crippen molar-refractivity contribution in [2.75, 3.05) is 39.9 Å². The number of rotatable bonds is 6. The summed E-state index contributed by atoms with van der Waals surface area (Å²) in [4.78, 5) is 44.8. The first-order valence-corrected chi connectivity index (χ1v) is 10.4. The van der Waals surface area contributed by atoms with E-state index < -0.39 is 5.69 Å². The Bertz CT molecular complexity index is 1180. The largest absolute Gasteiger partial charge is 0.383 e. The number of aromatic amines is 1. The van der Waals surface area contributed by atoms with E-state index in [4.69, 9.17) is 4.74 Å². The molecule has 1 saturated heterocycles. The monoisotopic (exact) mass is 422 g/mol. The number of amides is 1. The Kier molecular flexibility index (Phi) is 6.29. The second-order valence-electron chi connectivity index (χ2n) is 7.69. The highest BCUT2D eigenvalue weighted by atomic mass is 16.5. The van der Waals surface area contributed by atoms with Gasteiger partial charge in [-0.2, -0.15) is 0 Å². The van der Waals surface area contributed by atoms with Gasteiger partial charge in [-0.05, 0) is 23.8 Å². The Morgan fingerprint density at radius 3 is 2.48 bits per heavy atom. The number of piperazine rings is 1. The van der Waals surface area contributed by atoms with Gasteiger partial charge in [-0.1, -0.05) is 30.3 Å². The summed E-state index contributed by atoms with van der Waals surface area (Å²) in [5.74, 6) is -0.0920. The van der Waals surface area contributed by atoms with Crippen LogP contribution in [-0.4, -0.2) is 65.2 Å². The fourth-order valence-electron chi connectivity index (χ4n) is 3.91. The Balaban J connectivity index is 1.47. The third-order valence-corrected chi connectivity index (χ3v) is 5.66. The minimum absolute atomic E-state index is 0.0920. The molecule has 2 aromatic carbocycles. The van der Waals surface area contributed by atoms with E-state index in [2.05, 4.69) is 22.0 Å². The molecule has 0 spiro atoms. The Hall–Kier alpha value is -3.23. The van der Waals surface area contributed by atoms with Crippen molar-refractivity contribution in [3.05, 3.63) is 80.5 Å². The van der Waals surface area contributed by atoms with Gasteiger partial charge in [0.25, 0.3) is 11.5 Å². The number of aromatic nitrogens is 2. The van der Waals surface area contributed by atoms with E-state index in [0.717, 1.165) is 24.2 Å². The van der Waals surface area contributed by atoms with Crippen LogP contribution in [0.2, 0.25) is 0 Å². The molecule has 0 saturated carbocycles. The average molecular weight is 422 g/mol. The zero-order chi connectivity index (χ0) is 21.8. The summed E-state index contributed by atoms with van der Waals surface area (Å²) in [6.07, 6.45) is 0. The van der Waals surface area contributed by atoms with E-state index in [1.54, 1.807) is 18.2 Å². The van der Waals surface area contributed by atoms with Crippen LogP contribution >= 0.6 is 0 Å². The minimum atomic E-state index is -0.506. The molecule has 2 heterocycles. The number of methoxy groups -OCH3 is 1. The number of hydrogen-bond acceptors (Lipinski definition) is 5. The van der Waals surface area contributed by atoms with Crippen molar-refractivity contribution in [2.45, 2.75) is 13.1 Å². The molecule has 31 heavy (non-hydrogen) atoms. The third kappa shape index (κ3) is 4.60. The zero-order valence-electron chi connectivity index (χ0n) is 17.5. The molecule has 8 heteroatoms. The van der Waals surface area contributed by atoms with Gasteiger partial charge in [0.05, 0.1) is 24.1 Å². The number of benzene rings is 2. The SMILES string of the molecule is COCCn1c(=O)[nH]c2cc(C(=O)N3CCN(Cc4ccccc4)CC3)ccc2c1=O. The van der Waals surface area contributed by atoms with Crippen molar-refractivity contribution in [1.82, 2.24) is 19.4 Å². The highest BCUT2D eigenvalue weighted by molar-refractivity contribution is 5.97. The van der Waals surface area contributed by atoms with Crippen LogP contribution in [0, 0.1) is 0 Å². The van der Waals surface area contributed by atoms with Crippen molar-refractivity contribution < 1.29 is 9.53 Å². The van der Waals surface area contributed by atoms with E-state index in [0.29, 0.717) is 29.6 Å². The smallest absolute Gasteiger partial charge is 0.328 e. The van der Waals surface area contributed by atoms with Crippen LogP contribution in [0.25, 0.3) is 10.9 Å². The van der Waals surface area contributed by atoms with E-state index in [9.17, 15) is 14.4 Å². The summed E-state index contributed by atoms with van der Waals surface area (Å²) in [6.45, 7) is 4.19. The van der Waals surface area contributed by atoms with Crippen molar-refractivity contribution in [1.29, 1.82) is 0 Å². The topological polar surface area (TPSA) is 87.6 Å². The van der Waals surface area contributed by atoms with E-state index >= 15 is 0 Å². The lowest BCUT2D eigenvalue weighted by Crippen LogP contribution is -2.48. The molecule has 162 valence electrons. The first-order chi connectivity index (χ1) is 15.1.